The third-order valence-corrected chi connectivity index (χ3v) is 1.22. The van der Waals surface area contributed by atoms with Crippen molar-refractivity contribution in [3.05, 3.63) is 11.7 Å². The van der Waals surface area contributed by atoms with E-state index in [1.807, 2.05) is 0 Å². The molecule has 0 aliphatic carbocycles. The summed E-state index contributed by atoms with van der Waals surface area (Å²) in [5, 5.41) is 3.29. The van der Waals surface area contributed by atoms with Gasteiger partial charge in [-0.2, -0.15) is 13.8 Å². The van der Waals surface area contributed by atoms with Crippen LogP contribution in [0.25, 0.3) is 0 Å². The normalized spacial score (nSPS) is 14.8. The van der Waals surface area contributed by atoms with Crippen LogP contribution in [0.3, 0.4) is 0 Å². The first-order chi connectivity index (χ1) is 5.41. The molecule has 0 bridgehead atoms. The van der Waals surface area contributed by atoms with E-state index in [0.29, 0.717) is 6.92 Å². The number of nitrogens with zero attached hydrogens (tertiary/aromatic N) is 2. The Morgan fingerprint density at radius 2 is 2.17 bits per heavy atom. The predicted molar refractivity (Wildman–Crippen MR) is 36.5 cm³/mol. The zero-order valence-corrected chi connectivity index (χ0v) is 6.71. The van der Waals surface area contributed by atoms with Crippen molar-refractivity contribution in [2.75, 3.05) is 0 Å². The second kappa shape index (κ2) is 2.78. The lowest BCUT2D eigenvalue weighted by atomic mass is 10.3. The zero-order valence-electron chi connectivity index (χ0n) is 6.71. The van der Waals surface area contributed by atoms with Gasteiger partial charge in [0.1, 0.15) is 0 Å². The molecule has 1 rings (SSSR count). The van der Waals surface area contributed by atoms with Crippen molar-refractivity contribution in [2.45, 2.75) is 25.8 Å². The van der Waals surface area contributed by atoms with Gasteiger partial charge in [0.2, 0.25) is 0 Å². The topological polar surface area (TPSA) is 64.9 Å². The highest BCUT2D eigenvalue weighted by Crippen LogP contribution is 2.25. The molecule has 0 fully saturated rings. The van der Waals surface area contributed by atoms with Gasteiger partial charge in [0.25, 0.3) is 5.89 Å². The molecule has 0 saturated heterocycles. The summed E-state index contributed by atoms with van der Waals surface area (Å²) in [6.07, 6.45) is 0. The minimum absolute atomic E-state index is 0.0894. The van der Waals surface area contributed by atoms with Crippen molar-refractivity contribution < 1.29 is 13.3 Å². The molecule has 0 spiro atoms. The molecule has 0 saturated carbocycles. The molecule has 0 aromatic carbocycles. The number of halogens is 2. The summed E-state index contributed by atoms with van der Waals surface area (Å²) >= 11 is 0. The van der Waals surface area contributed by atoms with Crippen molar-refractivity contribution >= 4 is 0 Å². The summed E-state index contributed by atoms with van der Waals surface area (Å²) in [5.41, 5.74) is 5.34. The van der Waals surface area contributed by atoms with Crippen molar-refractivity contribution in [3.8, 4) is 0 Å². The minimum Gasteiger partial charge on any atom is -0.333 e. The largest absolute Gasteiger partial charge is 0.333 e. The molecule has 0 aliphatic rings. The Hall–Kier alpha value is -1.04. The van der Waals surface area contributed by atoms with Crippen LogP contribution in [-0.2, 0) is 5.92 Å². The summed E-state index contributed by atoms with van der Waals surface area (Å²) in [6.45, 7) is 2.27. The summed E-state index contributed by atoms with van der Waals surface area (Å²) in [6, 6.07) is -0.496. The third-order valence-electron chi connectivity index (χ3n) is 1.22. The van der Waals surface area contributed by atoms with Crippen LogP contribution in [0.15, 0.2) is 4.52 Å². The van der Waals surface area contributed by atoms with Crippen LogP contribution >= 0.6 is 0 Å². The smallest absolute Gasteiger partial charge is 0.322 e. The average Bonchev–Trinajstić information content (AvgIpc) is 2.30. The highest BCUT2D eigenvalue weighted by atomic mass is 19.3. The Balaban J connectivity index is 2.92. The van der Waals surface area contributed by atoms with E-state index >= 15 is 0 Å². The lowest BCUT2D eigenvalue weighted by molar-refractivity contribution is -0.0158. The Labute approximate surface area is 67.7 Å². The molecule has 12 heavy (non-hydrogen) atoms. The standard InChI is InChI=1S/C6H9F2N3O/c1-3(9)4-10-5(12-11-4)6(2,7)8/h3H,9H2,1-2H3. The van der Waals surface area contributed by atoms with Crippen LogP contribution in [0, 0.1) is 0 Å². The molecule has 68 valence electrons. The summed E-state index contributed by atoms with van der Waals surface area (Å²) in [4.78, 5) is 3.43. The second-order valence-electron chi connectivity index (χ2n) is 2.63. The number of alkyl halides is 2. The Bertz CT molecular complexity index is 266. The zero-order chi connectivity index (χ0) is 9.35. The number of aromatic nitrogens is 2. The Morgan fingerprint density at radius 3 is 2.42 bits per heavy atom. The molecule has 1 unspecified atom stereocenters. The molecule has 0 amide bonds. The van der Waals surface area contributed by atoms with Crippen LogP contribution in [0.2, 0.25) is 0 Å². The van der Waals surface area contributed by atoms with Gasteiger partial charge in [-0.3, -0.25) is 0 Å². The first-order valence-corrected chi connectivity index (χ1v) is 3.38. The molecular formula is C6H9F2N3O. The fourth-order valence-corrected chi connectivity index (χ4v) is 0.598. The van der Waals surface area contributed by atoms with Gasteiger partial charge in [0.15, 0.2) is 5.82 Å². The minimum atomic E-state index is -3.10. The van der Waals surface area contributed by atoms with E-state index in [-0.39, 0.29) is 5.82 Å². The maximum absolute atomic E-state index is 12.5. The van der Waals surface area contributed by atoms with Crippen LogP contribution in [-0.4, -0.2) is 10.1 Å². The van der Waals surface area contributed by atoms with Crippen molar-refractivity contribution in [1.29, 1.82) is 0 Å². The quantitative estimate of drug-likeness (QED) is 0.737. The fraction of sp³-hybridized carbons (Fsp3) is 0.667. The first-order valence-electron chi connectivity index (χ1n) is 3.38. The van der Waals surface area contributed by atoms with Gasteiger partial charge in [0.05, 0.1) is 6.04 Å². The second-order valence-corrected chi connectivity index (χ2v) is 2.63. The Kier molecular flexibility index (Phi) is 2.10. The first kappa shape index (κ1) is 9.05. The van der Waals surface area contributed by atoms with E-state index in [9.17, 15) is 8.78 Å². The van der Waals surface area contributed by atoms with E-state index in [2.05, 4.69) is 14.7 Å². The summed E-state index contributed by atoms with van der Waals surface area (Å²) in [5.74, 6) is -3.71. The SMILES string of the molecule is CC(N)c1noc(C(C)(F)F)n1. The molecule has 0 aliphatic heterocycles. The van der Waals surface area contributed by atoms with Crippen molar-refractivity contribution in [2.24, 2.45) is 5.73 Å². The fourth-order valence-electron chi connectivity index (χ4n) is 0.598. The van der Waals surface area contributed by atoms with Gasteiger partial charge in [0, 0.05) is 6.92 Å². The highest BCUT2D eigenvalue weighted by molar-refractivity contribution is 4.95. The van der Waals surface area contributed by atoms with Crippen LogP contribution in [0.4, 0.5) is 8.78 Å². The van der Waals surface area contributed by atoms with Crippen LogP contribution in [0.5, 0.6) is 0 Å². The van der Waals surface area contributed by atoms with Gasteiger partial charge in [-0.25, -0.2) is 0 Å². The van der Waals surface area contributed by atoms with E-state index in [4.69, 9.17) is 5.73 Å². The molecule has 1 heterocycles. The van der Waals surface area contributed by atoms with Crippen molar-refractivity contribution in [1.82, 2.24) is 10.1 Å². The highest BCUT2D eigenvalue weighted by Gasteiger charge is 2.32. The van der Waals surface area contributed by atoms with Crippen LogP contribution < -0.4 is 5.73 Å². The average molecular weight is 177 g/mol. The van der Waals surface area contributed by atoms with Gasteiger partial charge in [-0.05, 0) is 6.92 Å². The van der Waals surface area contributed by atoms with E-state index < -0.39 is 17.9 Å². The van der Waals surface area contributed by atoms with Crippen molar-refractivity contribution in [3.63, 3.8) is 0 Å². The number of hydrogen-bond acceptors (Lipinski definition) is 4. The third kappa shape index (κ3) is 1.76. The number of rotatable bonds is 2. The summed E-state index contributed by atoms with van der Waals surface area (Å²) < 4.78 is 29.3. The molecular weight excluding hydrogens is 168 g/mol. The number of hydrogen-bond donors (Lipinski definition) is 1. The van der Waals surface area contributed by atoms with Gasteiger partial charge >= 0.3 is 5.92 Å². The van der Waals surface area contributed by atoms with E-state index in [1.54, 1.807) is 6.92 Å². The monoisotopic (exact) mass is 177 g/mol. The molecule has 1 atom stereocenters. The van der Waals surface area contributed by atoms with Gasteiger partial charge < -0.3 is 10.3 Å². The molecule has 6 heteroatoms. The number of nitrogens with two attached hydrogens (primary N) is 1. The maximum Gasteiger partial charge on any atom is 0.322 e. The van der Waals surface area contributed by atoms with Gasteiger partial charge in [-0.15, -0.1) is 0 Å². The molecule has 4 nitrogen and oxygen atoms in total. The Morgan fingerprint density at radius 1 is 1.58 bits per heavy atom. The van der Waals surface area contributed by atoms with E-state index in [0.717, 1.165) is 0 Å². The maximum atomic E-state index is 12.5. The van der Waals surface area contributed by atoms with E-state index in [1.165, 1.54) is 0 Å². The molecule has 1 aromatic rings. The lowest BCUT2D eigenvalue weighted by Crippen LogP contribution is -2.10. The van der Waals surface area contributed by atoms with Crippen LogP contribution in [0.1, 0.15) is 31.6 Å². The molecule has 1 aromatic heterocycles. The lowest BCUT2D eigenvalue weighted by Gasteiger charge is -2.01. The van der Waals surface area contributed by atoms with Gasteiger partial charge in [-0.1, -0.05) is 5.16 Å². The predicted octanol–water partition coefficient (Wildman–Crippen LogP) is 1.20. The summed E-state index contributed by atoms with van der Waals surface area (Å²) in [7, 11) is 0. The molecule has 0 radical (unpaired) electrons. The molecule has 2 N–H and O–H groups in total.